The average Bonchev–Trinajstić information content (AvgIpc) is 3.22. The van der Waals surface area contributed by atoms with Crippen molar-refractivity contribution in [2.45, 2.75) is 18.4 Å². The lowest BCUT2D eigenvalue weighted by atomic mass is 10.2. The molecule has 0 aliphatic heterocycles. The number of aryl methyl sites for hydroxylation is 1. The second-order valence-corrected chi connectivity index (χ2v) is 8.88. The van der Waals surface area contributed by atoms with Gasteiger partial charge in [-0.05, 0) is 30.4 Å². The number of nitrogens with zero attached hydrogens (tertiary/aromatic N) is 5. The van der Waals surface area contributed by atoms with Crippen molar-refractivity contribution in [3.63, 3.8) is 0 Å². The lowest BCUT2D eigenvalue weighted by Crippen LogP contribution is -2.31. The molecule has 158 valence electrons. The molecule has 0 bridgehead atoms. The van der Waals surface area contributed by atoms with Crippen LogP contribution in [0.1, 0.15) is 23.7 Å². The highest BCUT2D eigenvalue weighted by Crippen LogP contribution is 2.39. The summed E-state index contributed by atoms with van der Waals surface area (Å²) in [6.07, 6.45) is 4.38. The van der Waals surface area contributed by atoms with Crippen LogP contribution in [-0.4, -0.2) is 63.7 Å². The molecule has 1 fully saturated rings. The van der Waals surface area contributed by atoms with Crippen molar-refractivity contribution < 1.29 is 18.8 Å². The van der Waals surface area contributed by atoms with Gasteiger partial charge in [0.1, 0.15) is 11.6 Å². The number of aromatic nitrogens is 3. The Kier molecular flexibility index (Phi) is 6.53. The lowest BCUT2D eigenvalue weighted by molar-refractivity contribution is 0.0697. The molecule has 2 heterocycles. The molecular formula is C19H27N5O4S. The zero-order chi connectivity index (χ0) is 21.1. The Labute approximate surface area is 172 Å². The summed E-state index contributed by atoms with van der Waals surface area (Å²) < 4.78 is 21.2. The van der Waals surface area contributed by atoms with Gasteiger partial charge in [0, 0.05) is 40.5 Å². The predicted molar refractivity (Wildman–Crippen MR) is 111 cm³/mol. The van der Waals surface area contributed by atoms with Crippen LogP contribution in [0.15, 0.2) is 29.7 Å². The van der Waals surface area contributed by atoms with Crippen LogP contribution in [0, 0.1) is 11.8 Å². The van der Waals surface area contributed by atoms with Crippen molar-refractivity contribution in [2.75, 3.05) is 43.1 Å². The summed E-state index contributed by atoms with van der Waals surface area (Å²) >= 11 is 0. The molecule has 2 aromatic rings. The predicted octanol–water partition coefficient (Wildman–Crippen LogP) is 1.78. The van der Waals surface area contributed by atoms with E-state index in [1.165, 1.54) is 10.4 Å². The van der Waals surface area contributed by atoms with Crippen molar-refractivity contribution in [1.82, 2.24) is 14.5 Å². The second kappa shape index (κ2) is 8.91. The third-order valence-electron chi connectivity index (χ3n) is 5.10. The maximum atomic E-state index is 12.9. The van der Waals surface area contributed by atoms with E-state index in [1.54, 1.807) is 44.4 Å². The Morgan fingerprint density at radius 1 is 1.41 bits per heavy atom. The molecule has 1 saturated carbocycles. The highest BCUT2D eigenvalue weighted by molar-refractivity contribution is 7.86. The third-order valence-corrected chi connectivity index (χ3v) is 6.35. The fourth-order valence-electron chi connectivity index (χ4n) is 3.09. The number of pyridine rings is 1. The number of carbonyl (C=O) groups is 1. The maximum Gasteiger partial charge on any atom is 0.335 e. The topological polar surface area (TPSA) is 101 Å². The summed E-state index contributed by atoms with van der Waals surface area (Å²) in [5.41, 5.74) is 0.0983. The minimum absolute atomic E-state index is 0.0983. The summed E-state index contributed by atoms with van der Waals surface area (Å²) in [4.78, 5) is 22.5. The molecular weight excluding hydrogens is 394 g/mol. The molecule has 0 amide bonds. The number of ether oxygens (including phenoxy) is 1. The van der Waals surface area contributed by atoms with Crippen LogP contribution in [0.2, 0.25) is 0 Å². The van der Waals surface area contributed by atoms with Crippen molar-refractivity contribution in [3.05, 3.63) is 30.2 Å². The number of hydrogen-bond acceptors (Lipinski definition) is 6. The quantitative estimate of drug-likeness (QED) is 0.624. The number of rotatable bonds is 10. The van der Waals surface area contributed by atoms with E-state index in [-0.39, 0.29) is 5.56 Å². The van der Waals surface area contributed by atoms with Crippen molar-refractivity contribution in [2.24, 2.45) is 18.9 Å². The van der Waals surface area contributed by atoms with E-state index in [2.05, 4.69) is 16.9 Å². The second-order valence-electron chi connectivity index (χ2n) is 7.41. The van der Waals surface area contributed by atoms with Crippen LogP contribution in [0.25, 0.3) is 0 Å². The van der Waals surface area contributed by atoms with Gasteiger partial charge in [-0.1, -0.05) is 6.92 Å². The van der Waals surface area contributed by atoms with Gasteiger partial charge in [-0.3, -0.25) is 4.31 Å². The van der Waals surface area contributed by atoms with Crippen LogP contribution >= 0.6 is 0 Å². The van der Waals surface area contributed by atoms with Crippen LogP contribution in [0.4, 0.5) is 11.6 Å². The SMILES string of the molecule is COCCN(CC1CC1C)c1cc(C(=O)O)cc(N(C)S(=O)c2cn(C)cn2)n1. The molecule has 9 nitrogen and oxygen atoms in total. The molecule has 3 atom stereocenters. The summed E-state index contributed by atoms with van der Waals surface area (Å²) in [5, 5.41) is 9.96. The van der Waals surface area contributed by atoms with Gasteiger partial charge in [0.15, 0.2) is 16.0 Å². The zero-order valence-electron chi connectivity index (χ0n) is 17.1. The normalized spacial score (nSPS) is 19.0. The number of anilines is 2. The molecule has 1 aliphatic carbocycles. The molecule has 3 unspecified atom stereocenters. The van der Waals surface area contributed by atoms with Gasteiger partial charge in [0.2, 0.25) is 0 Å². The lowest BCUT2D eigenvalue weighted by Gasteiger charge is -2.26. The van der Waals surface area contributed by atoms with E-state index in [0.717, 1.165) is 13.0 Å². The molecule has 1 aliphatic rings. The molecule has 10 heteroatoms. The Bertz CT molecular complexity index is 902. The van der Waals surface area contributed by atoms with E-state index < -0.39 is 17.0 Å². The Morgan fingerprint density at radius 2 is 2.10 bits per heavy atom. The van der Waals surface area contributed by atoms with E-state index >= 15 is 0 Å². The molecule has 0 saturated heterocycles. The largest absolute Gasteiger partial charge is 0.478 e. The summed E-state index contributed by atoms with van der Waals surface area (Å²) in [6.45, 7) is 4.09. The maximum absolute atomic E-state index is 12.9. The average molecular weight is 422 g/mol. The molecule has 0 aromatic carbocycles. The molecule has 3 rings (SSSR count). The van der Waals surface area contributed by atoms with Gasteiger partial charge < -0.3 is 19.3 Å². The minimum atomic E-state index is -1.61. The van der Waals surface area contributed by atoms with E-state index in [1.807, 2.05) is 4.90 Å². The molecule has 2 aromatic heterocycles. The number of hydrogen-bond donors (Lipinski definition) is 1. The first-order valence-corrected chi connectivity index (χ1v) is 10.5. The first-order chi connectivity index (χ1) is 13.8. The summed E-state index contributed by atoms with van der Waals surface area (Å²) in [5.74, 6) is 1.02. The molecule has 0 radical (unpaired) electrons. The number of methoxy groups -OCH3 is 1. The van der Waals surface area contributed by atoms with Gasteiger partial charge >= 0.3 is 5.97 Å². The van der Waals surface area contributed by atoms with Crippen molar-refractivity contribution >= 4 is 28.6 Å². The molecule has 1 N–H and O–H groups in total. The van der Waals surface area contributed by atoms with Crippen LogP contribution < -0.4 is 9.21 Å². The summed E-state index contributed by atoms with van der Waals surface area (Å²) in [7, 11) is 3.43. The fourth-order valence-corrected chi connectivity index (χ4v) is 4.03. The van der Waals surface area contributed by atoms with Gasteiger partial charge in [0.05, 0.1) is 18.5 Å². The highest BCUT2D eigenvalue weighted by atomic mass is 32.2. The molecule has 0 spiro atoms. The van der Waals surface area contributed by atoms with Gasteiger partial charge in [-0.2, -0.15) is 0 Å². The van der Waals surface area contributed by atoms with Crippen molar-refractivity contribution in [3.8, 4) is 0 Å². The number of aromatic carboxylic acids is 1. The van der Waals surface area contributed by atoms with E-state index in [4.69, 9.17) is 4.74 Å². The minimum Gasteiger partial charge on any atom is -0.478 e. The first kappa shape index (κ1) is 21.3. The Balaban J connectivity index is 1.93. The first-order valence-electron chi connectivity index (χ1n) is 9.43. The fraction of sp³-hybridized carbons (Fsp3) is 0.526. The Hall–Kier alpha value is -2.46. The van der Waals surface area contributed by atoms with E-state index in [9.17, 15) is 14.1 Å². The Morgan fingerprint density at radius 3 is 2.66 bits per heavy atom. The van der Waals surface area contributed by atoms with Crippen LogP contribution in [0.5, 0.6) is 0 Å². The highest BCUT2D eigenvalue weighted by Gasteiger charge is 2.34. The zero-order valence-corrected chi connectivity index (χ0v) is 17.9. The third kappa shape index (κ3) is 5.13. The monoisotopic (exact) mass is 421 g/mol. The number of imidazole rings is 1. The number of carboxylic acids is 1. The van der Waals surface area contributed by atoms with Gasteiger partial charge in [0.25, 0.3) is 0 Å². The van der Waals surface area contributed by atoms with Crippen LogP contribution in [-0.2, 0) is 22.8 Å². The van der Waals surface area contributed by atoms with Crippen LogP contribution in [0.3, 0.4) is 0 Å². The van der Waals surface area contributed by atoms with E-state index in [0.29, 0.717) is 41.6 Å². The molecule has 29 heavy (non-hydrogen) atoms. The van der Waals surface area contributed by atoms with Gasteiger partial charge in [-0.25, -0.2) is 19.0 Å². The number of carboxylic acid groups (broad SMARTS) is 1. The smallest absolute Gasteiger partial charge is 0.335 e. The van der Waals surface area contributed by atoms with Crippen molar-refractivity contribution in [1.29, 1.82) is 0 Å². The standard InChI is InChI=1S/C19H27N5O4S/c1-13-7-15(13)10-24(5-6-28-4)17-9-14(19(25)26)8-16(21-17)23(3)29(27)18-11-22(2)12-20-18/h8-9,11-13,15H,5-7,10H2,1-4H3,(H,25,26). The van der Waals surface area contributed by atoms with Gasteiger partial charge in [-0.15, -0.1) is 0 Å². The summed E-state index contributed by atoms with van der Waals surface area (Å²) in [6, 6.07) is 2.99.